The lowest BCUT2D eigenvalue weighted by Crippen LogP contribution is -2.58. The molecule has 112 valence electrons. The highest BCUT2D eigenvalue weighted by Crippen LogP contribution is 2.36. The molecule has 2 heterocycles. The van der Waals surface area contributed by atoms with Crippen LogP contribution in [-0.2, 0) is 14.4 Å². The van der Waals surface area contributed by atoms with Gasteiger partial charge in [-0.25, -0.2) is 4.79 Å². The van der Waals surface area contributed by atoms with Crippen LogP contribution < -0.4 is 5.32 Å². The summed E-state index contributed by atoms with van der Waals surface area (Å²) in [6.07, 6.45) is -4.65. The monoisotopic (exact) mass is 312 g/mol. The number of carbonyl (C=O) groups excluding carboxylic acids is 2. The van der Waals surface area contributed by atoms with Crippen molar-refractivity contribution in [3.63, 3.8) is 0 Å². The number of hydrogen-bond donors (Lipinski definition) is 2. The third kappa shape index (κ3) is 2.69. The molecular weight excluding hydrogens is 301 g/mol. The molecule has 20 heavy (non-hydrogen) atoms. The van der Waals surface area contributed by atoms with Crippen molar-refractivity contribution in [2.24, 2.45) is 0 Å². The fourth-order valence-electron chi connectivity index (χ4n) is 2.26. The SMILES string of the molecule is O=C(O)[C@@H]1CS[C@H]2CC[C@H](NC(=O)C(F)(F)F)C(=O)N21. The molecule has 0 bridgehead atoms. The Balaban J connectivity index is 2.10. The molecule has 3 atom stereocenters. The molecule has 10 heteroatoms. The van der Waals surface area contributed by atoms with Crippen molar-refractivity contribution in [2.75, 3.05) is 5.75 Å². The lowest BCUT2D eigenvalue weighted by Gasteiger charge is -2.36. The van der Waals surface area contributed by atoms with Gasteiger partial charge in [-0.05, 0) is 12.8 Å². The Hall–Kier alpha value is -1.45. The molecule has 2 rings (SSSR count). The molecule has 0 aromatic carbocycles. The Morgan fingerprint density at radius 2 is 2.00 bits per heavy atom. The molecule has 0 spiro atoms. The van der Waals surface area contributed by atoms with Gasteiger partial charge in [0.15, 0.2) is 0 Å². The van der Waals surface area contributed by atoms with Crippen molar-refractivity contribution in [1.82, 2.24) is 10.2 Å². The predicted octanol–water partition coefficient (Wildman–Crippen LogP) is 0.182. The molecule has 6 nitrogen and oxygen atoms in total. The van der Waals surface area contributed by atoms with E-state index in [4.69, 9.17) is 5.11 Å². The van der Waals surface area contributed by atoms with E-state index in [0.717, 1.165) is 4.90 Å². The summed E-state index contributed by atoms with van der Waals surface area (Å²) in [4.78, 5) is 35.0. The molecule has 2 amide bonds. The number of amides is 2. The van der Waals surface area contributed by atoms with E-state index in [1.165, 1.54) is 11.8 Å². The van der Waals surface area contributed by atoms with E-state index in [-0.39, 0.29) is 17.5 Å². The van der Waals surface area contributed by atoms with E-state index in [2.05, 4.69) is 0 Å². The first-order valence-electron chi connectivity index (χ1n) is 5.76. The molecule has 2 N–H and O–H groups in total. The van der Waals surface area contributed by atoms with Gasteiger partial charge >= 0.3 is 18.1 Å². The number of aliphatic carboxylic acids is 1. The number of fused-ring (bicyclic) bond motifs is 1. The Morgan fingerprint density at radius 3 is 2.55 bits per heavy atom. The summed E-state index contributed by atoms with van der Waals surface area (Å²) in [5, 5.41) is 10.3. The maximum Gasteiger partial charge on any atom is 0.471 e. The number of halogens is 3. The normalized spacial score (nSPS) is 30.1. The Bertz CT molecular complexity index is 456. The smallest absolute Gasteiger partial charge is 0.471 e. The number of rotatable bonds is 2. The minimum Gasteiger partial charge on any atom is -0.480 e. The quantitative estimate of drug-likeness (QED) is 0.760. The van der Waals surface area contributed by atoms with Crippen molar-refractivity contribution in [1.29, 1.82) is 0 Å². The van der Waals surface area contributed by atoms with E-state index in [9.17, 15) is 27.6 Å². The number of nitrogens with one attached hydrogen (secondary N) is 1. The van der Waals surface area contributed by atoms with Crippen LogP contribution in [0.3, 0.4) is 0 Å². The number of carboxylic acid groups (broad SMARTS) is 1. The summed E-state index contributed by atoms with van der Waals surface area (Å²) in [7, 11) is 0. The number of alkyl halides is 3. The highest BCUT2D eigenvalue weighted by molar-refractivity contribution is 8.00. The van der Waals surface area contributed by atoms with Crippen LogP contribution in [-0.4, -0.2) is 57.2 Å². The van der Waals surface area contributed by atoms with Crippen LogP contribution in [0.4, 0.5) is 13.2 Å². The average molecular weight is 312 g/mol. The fraction of sp³-hybridized carbons (Fsp3) is 0.700. The summed E-state index contributed by atoms with van der Waals surface area (Å²) >= 11 is 1.28. The van der Waals surface area contributed by atoms with Crippen LogP contribution in [0.2, 0.25) is 0 Å². The zero-order valence-corrected chi connectivity index (χ0v) is 10.8. The van der Waals surface area contributed by atoms with E-state index in [1.54, 1.807) is 5.32 Å². The van der Waals surface area contributed by atoms with Crippen LogP contribution in [0, 0.1) is 0 Å². The van der Waals surface area contributed by atoms with Gasteiger partial charge in [-0.3, -0.25) is 9.59 Å². The predicted molar refractivity (Wildman–Crippen MR) is 61.7 cm³/mol. The van der Waals surface area contributed by atoms with Crippen LogP contribution in [0.25, 0.3) is 0 Å². The van der Waals surface area contributed by atoms with Gasteiger partial charge in [0.2, 0.25) is 5.91 Å². The number of hydrogen-bond acceptors (Lipinski definition) is 4. The fourth-order valence-corrected chi connectivity index (χ4v) is 3.68. The summed E-state index contributed by atoms with van der Waals surface area (Å²) in [5.74, 6) is -3.95. The molecule has 0 unspecified atom stereocenters. The molecule has 0 aromatic rings. The maximum atomic E-state index is 12.2. The number of piperidine rings is 1. The first-order valence-corrected chi connectivity index (χ1v) is 6.81. The molecule has 0 aromatic heterocycles. The van der Waals surface area contributed by atoms with Crippen molar-refractivity contribution < 1.29 is 32.7 Å². The Morgan fingerprint density at radius 1 is 1.35 bits per heavy atom. The van der Waals surface area contributed by atoms with E-state index in [1.807, 2.05) is 0 Å². The molecule has 0 saturated carbocycles. The second-order valence-electron chi connectivity index (χ2n) is 4.49. The van der Waals surface area contributed by atoms with E-state index in [0.29, 0.717) is 6.42 Å². The second kappa shape index (κ2) is 5.15. The molecule has 0 radical (unpaired) electrons. The minimum absolute atomic E-state index is 0.0706. The number of carbonyl (C=O) groups is 3. The topological polar surface area (TPSA) is 86.7 Å². The molecule has 2 saturated heterocycles. The zero-order valence-electron chi connectivity index (χ0n) is 10.0. The van der Waals surface area contributed by atoms with Gasteiger partial charge in [0, 0.05) is 5.75 Å². The molecule has 2 aliphatic heterocycles. The van der Waals surface area contributed by atoms with E-state index >= 15 is 0 Å². The van der Waals surface area contributed by atoms with Crippen molar-refractivity contribution in [2.45, 2.75) is 36.5 Å². The van der Waals surface area contributed by atoms with Crippen LogP contribution in [0.15, 0.2) is 0 Å². The van der Waals surface area contributed by atoms with Crippen LogP contribution in [0.5, 0.6) is 0 Å². The summed E-state index contributed by atoms with van der Waals surface area (Å²) < 4.78 is 36.5. The number of thioether (sulfide) groups is 1. The Labute approximate surface area is 115 Å². The first-order chi connectivity index (χ1) is 9.21. The van der Waals surface area contributed by atoms with Crippen molar-refractivity contribution >= 4 is 29.5 Å². The number of nitrogens with zero attached hydrogens (tertiary/aromatic N) is 1. The van der Waals surface area contributed by atoms with E-state index < -0.39 is 36.0 Å². The van der Waals surface area contributed by atoms with Gasteiger partial charge in [-0.1, -0.05) is 0 Å². The maximum absolute atomic E-state index is 12.2. The van der Waals surface area contributed by atoms with Gasteiger partial charge in [-0.2, -0.15) is 13.2 Å². The van der Waals surface area contributed by atoms with Crippen molar-refractivity contribution in [3.8, 4) is 0 Å². The van der Waals surface area contributed by atoms with Gasteiger partial charge in [-0.15, -0.1) is 11.8 Å². The highest BCUT2D eigenvalue weighted by atomic mass is 32.2. The lowest BCUT2D eigenvalue weighted by molar-refractivity contribution is -0.175. The van der Waals surface area contributed by atoms with Crippen LogP contribution in [0.1, 0.15) is 12.8 Å². The summed E-state index contributed by atoms with van der Waals surface area (Å²) in [5.41, 5.74) is 0. The largest absolute Gasteiger partial charge is 0.480 e. The Kier molecular flexibility index (Phi) is 3.85. The molecule has 2 fully saturated rings. The third-order valence-corrected chi connectivity index (χ3v) is 4.55. The van der Waals surface area contributed by atoms with Gasteiger partial charge in [0.1, 0.15) is 12.1 Å². The highest BCUT2D eigenvalue weighted by Gasteiger charge is 2.49. The average Bonchev–Trinajstić information content (AvgIpc) is 2.76. The second-order valence-corrected chi connectivity index (χ2v) is 5.70. The summed E-state index contributed by atoms with van der Waals surface area (Å²) in [6.45, 7) is 0. The number of carboxylic acids is 1. The minimum atomic E-state index is -5.07. The first kappa shape index (κ1) is 14.9. The lowest BCUT2D eigenvalue weighted by atomic mass is 10.0. The molecule has 2 aliphatic rings. The standard InChI is InChI=1S/C10H11F3N2O4S/c11-10(12,13)9(19)14-4-1-2-6-15(7(4)16)5(3-20-6)8(17)18/h4-6H,1-3H2,(H,14,19)(H,17,18)/t4-,5-,6-/m0/s1. The van der Waals surface area contributed by atoms with Gasteiger partial charge in [0.05, 0.1) is 5.37 Å². The molecule has 0 aliphatic carbocycles. The zero-order chi connectivity index (χ0) is 15.1. The van der Waals surface area contributed by atoms with Gasteiger partial charge < -0.3 is 15.3 Å². The van der Waals surface area contributed by atoms with Crippen LogP contribution >= 0.6 is 11.8 Å². The van der Waals surface area contributed by atoms with Crippen molar-refractivity contribution in [3.05, 3.63) is 0 Å². The third-order valence-electron chi connectivity index (χ3n) is 3.20. The molecular formula is C10H11F3N2O4S. The summed E-state index contributed by atoms with van der Waals surface area (Å²) in [6, 6.07) is -2.37. The van der Waals surface area contributed by atoms with Gasteiger partial charge in [0.25, 0.3) is 0 Å².